The lowest BCUT2D eigenvalue weighted by atomic mass is 10.0. The van der Waals surface area contributed by atoms with Crippen LogP contribution in [0.3, 0.4) is 0 Å². The lowest BCUT2D eigenvalue weighted by Gasteiger charge is -2.28. The molecule has 0 radical (unpaired) electrons. The van der Waals surface area contributed by atoms with Crippen LogP contribution in [0.25, 0.3) is 0 Å². The van der Waals surface area contributed by atoms with Gasteiger partial charge >= 0.3 is 11.9 Å². The molecule has 9 nitrogen and oxygen atoms in total. The molecule has 0 aliphatic carbocycles. The summed E-state index contributed by atoms with van der Waals surface area (Å²) in [6.07, 6.45) is 55.0. The molecule has 0 spiro atoms. The fourth-order valence-corrected chi connectivity index (χ4v) is 8.65. The summed E-state index contributed by atoms with van der Waals surface area (Å²) in [6, 6.07) is 0. The molecular formula is C55H106NO8P. The molecule has 10 heteroatoms. The number of hydrogen-bond donors (Lipinski definition) is 0. The van der Waals surface area contributed by atoms with Crippen molar-refractivity contribution in [2.75, 3.05) is 47.5 Å². The zero-order valence-electron chi connectivity index (χ0n) is 43.5. The number of carbonyl (C=O) groups is 2. The number of nitrogens with zero attached hydrogens (tertiary/aromatic N) is 1. The topological polar surface area (TPSA) is 111 Å². The van der Waals surface area contributed by atoms with Gasteiger partial charge in [0.1, 0.15) is 19.8 Å². The van der Waals surface area contributed by atoms with Gasteiger partial charge in [-0.15, -0.1) is 0 Å². The van der Waals surface area contributed by atoms with Gasteiger partial charge in [-0.05, 0) is 44.9 Å². The fourth-order valence-electron chi connectivity index (χ4n) is 7.92. The largest absolute Gasteiger partial charge is 0.756 e. The van der Waals surface area contributed by atoms with Crippen LogP contribution in [0.1, 0.15) is 264 Å². The van der Waals surface area contributed by atoms with Gasteiger partial charge in [0, 0.05) is 12.8 Å². The van der Waals surface area contributed by atoms with Gasteiger partial charge in [0.2, 0.25) is 0 Å². The van der Waals surface area contributed by atoms with Crippen LogP contribution in [-0.4, -0.2) is 70.0 Å². The molecule has 0 aromatic heterocycles. The molecule has 0 N–H and O–H groups in total. The number of likely N-dealkylation sites (N-methyl/N-ethyl adjacent to an activating group) is 1. The van der Waals surface area contributed by atoms with Crippen molar-refractivity contribution < 1.29 is 42.1 Å². The Hall–Kier alpha value is -1.51. The molecule has 0 aromatic carbocycles. The minimum atomic E-state index is -4.63. The predicted molar refractivity (Wildman–Crippen MR) is 273 cm³/mol. The van der Waals surface area contributed by atoms with E-state index in [4.69, 9.17) is 18.5 Å². The van der Waals surface area contributed by atoms with Gasteiger partial charge < -0.3 is 27.9 Å². The maximum Gasteiger partial charge on any atom is 0.306 e. The zero-order valence-corrected chi connectivity index (χ0v) is 44.3. The Morgan fingerprint density at radius 2 is 0.831 bits per heavy atom. The molecule has 0 amide bonds. The van der Waals surface area contributed by atoms with Crippen molar-refractivity contribution in [2.45, 2.75) is 270 Å². The number of hydrogen-bond acceptors (Lipinski definition) is 8. The van der Waals surface area contributed by atoms with Crippen LogP contribution in [-0.2, 0) is 32.7 Å². The highest BCUT2D eigenvalue weighted by Gasteiger charge is 2.21. The van der Waals surface area contributed by atoms with Gasteiger partial charge in [-0.1, -0.05) is 231 Å². The number of esters is 2. The summed E-state index contributed by atoms with van der Waals surface area (Å²) in [4.78, 5) is 37.8. The second kappa shape index (κ2) is 47.6. The van der Waals surface area contributed by atoms with Crippen molar-refractivity contribution in [1.82, 2.24) is 0 Å². The second-order valence-corrected chi connectivity index (χ2v) is 21.4. The maximum atomic E-state index is 12.8. The molecule has 0 bridgehead atoms. The summed E-state index contributed by atoms with van der Waals surface area (Å²) in [7, 11) is 1.18. The molecule has 0 heterocycles. The molecule has 65 heavy (non-hydrogen) atoms. The number of rotatable bonds is 51. The van der Waals surface area contributed by atoms with Gasteiger partial charge in [-0.3, -0.25) is 14.2 Å². The monoisotopic (exact) mass is 940 g/mol. The molecule has 0 aromatic rings. The fraction of sp³-hybridized carbons (Fsp3) is 0.891. The van der Waals surface area contributed by atoms with E-state index in [9.17, 15) is 19.0 Å². The first kappa shape index (κ1) is 63.5. The summed E-state index contributed by atoms with van der Waals surface area (Å²) in [5.74, 6) is -0.820. The molecule has 384 valence electrons. The van der Waals surface area contributed by atoms with E-state index in [2.05, 4.69) is 38.2 Å². The molecule has 0 saturated heterocycles. The smallest absolute Gasteiger partial charge is 0.306 e. The molecular weight excluding hydrogens is 834 g/mol. The Labute approximate surface area is 402 Å². The van der Waals surface area contributed by atoms with Gasteiger partial charge in [-0.2, -0.15) is 0 Å². The first-order valence-corrected chi connectivity index (χ1v) is 29.0. The van der Waals surface area contributed by atoms with E-state index in [-0.39, 0.29) is 32.0 Å². The van der Waals surface area contributed by atoms with E-state index >= 15 is 0 Å². The molecule has 0 aliphatic heterocycles. The first-order valence-electron chi connectivity index (χ1n) is 27.5. The van der Waals surface area contributed by atoms with E-state index in [0.717, 1.165) is 44.9 Å². The van der Waals surface area contributed by atoms with Crippen molar-refractivity contribution in [3.8, 4) is 0 Å². The minimum absolute atomic E-state index is 0.0282. The Balaban J connectivity index is 4.15. The third-order valence-electron chi connectivity index (χ3n) is 12.2. The van der Waals surface area contributed by atoms with E-state index in [1.54, 1.807) is 0 Å². The van der Waals surface area contributed by atoms with Crippen molar-refractivity contribution in [2.24, 2.45) is 0 Å². The van der Waals surface area contributed by atoms with Crippen LogP contribution in [0.5, 0.6) is 0 Å². The summed E-state index contributed by atoms with van der Waals surface area (Å²) in [6.45, 7) is 4.27. The van der Waals surface area contributed by atoms with Crippen molar-refractivity contribution in [1.29, 1.82) is 0 Å². The van der Waals surface area contributed by atoms with Crippen molar-refractivity contribution >= 4 is 19.8 Å². The number of carbonyl (C=O) groups excluding carboxylic acids is 2. The molecule has 0 fully saturated rings. The predicted octanol–water partition coefficient (Wildman–Crippen LogP) is 16.0. The zero-order chi connectivity index (χ0) is 47.8. The highest BCUT2D eigenvalue weighted by atomic mass is 31.2. The van der Waals surface area contributed by atoms with Crippen molar-refractivity contribution in [3.63, 3.8) is 0 Å². The molecule has 0 aliphatic rings. The van der Waals surface area contributed by atoms with Crippen LogP contribution in [0, 0.1) is 0 Å². The van der Waals surface area contributed by atoms with Gasteiger partial charge in [-0.25, -0.2) is 0 Å². The van der Waals surface area contributed by atoms with E-state index in [0.29, 0.717) is 17.4 Å². The van der Waals surface area contributed by atoms with Crippen LogP contribution in [0.2, 0.25) is 0 Å². The summed E-state index contributed by atoms with van der Waals surface area (Å²) in [5, 5.41) is 0. The summed E-state index contributed by atoms with van der Waals surface area (Å²) < 4.78 is 34.1. The van der Waals surface area contributed by atoms with Gasteiger partial charge in [0.05, 0.1) is 27.7 Å². The molecule has 0 rings (SSSR count). The average molecular weight is 940 g/mol. The van der Waals surface area contributed by atoms with Gasteiger partial charge in [0.15, 0.2) is 6.10 Å². The highest BCUT2D eigenvalue weighted by Crippen LogP contribution is 2.38. The minimum Gasteiger partial charge on any atom is -0.756 e. The second-order valence-electron chi connectivity index (χ2n) is 20.0. The van der Waals surface area contributed by atoms with Crippen LogP contribution >= 0.6 is 7.82 Å². The molecule has 2 atom stereocenters. The third kappa shape index (κ3) is 51.7. The van der Waals surface area contributed by atoms with Crippen LogP contribution < -0.4 is 4.89 Å². The number of allylic oxidation sites excluding steroid dienone is 4. The van der Waals surface area contributed by atoms with Gasteiger partial charge in [0.25, 0.3) is 7.82 Å². The lowest BCUT2D eigenvalue weighted by Crippen LogP contribution is -2.37. The highest BCUT2D eigenvalue weighted by molar-refractivity contribution is 7.45. The molecule has 0 saturated carbocycles. The molecule has 2 unspecified atom stereocenters. The number of quaternary nitrogens is 1. The Morgan fingerprint density at radius 1 is 0.477 bits per heavy atom. The van der Waals surface area contributed by atoms with Crippen molar-refractivity contribution in [3.05, 3.63) is 24.3 Å². The quantitative estimate of drug-likeness (QED) is 0.0195. The normalized spacial score (nSPS) is 13.5. The summed E-state index contributed by atoms with van der Waals surface area (Å²) in [5.41, 5.74) is 0. The van der Waals surface area contributed by atoms with E-state index in [1.165, 1.54) is 186 Å². The van der Waals surface area contributed by atoms with Crippen LogP contribution in [0.15, 0.2) is 24.3 Å². The average Bonchev–Trinajstić information content (AvgIpc) is 3.26. The number of phosphoric acid groups is 1. The first-order chi connectivity index (χ1) is 31.5. The Kier molecular flexibility index (Phi) is 46.4. The maximum absolute atomic E-state index is 12.8. The van der Waals surface area contributed by atoms with Crippen LogP contribution in [0.4, 0.5) is 0 Å². The van der Waals surface area contributed by atoms with E-state index in [1.807, 2.05) is 21.1 Å². The Bertz CT molecular complexity index is 1150. The summed E-state index contributed by atoms with van der Waals surface area (Å²) >= 11 is 0. The van der Waals surface area contributed by atoms with E-state index < -0.39 is 26.5 Å². The number of ether oxygens (including phenoxy) is 2. The Morgan fingerprint density at radius 3 is 1.22 bits per heavy atom. The third-order valence-corrected chi connectivity index (χ3v) is 13.2. The number of phosphoric ester groups is 1. The standard InChI is InChI=1S/C55H106NO8P/c1-6-8-10-12-14-16-18-20-22-24-25-26-27-28-29-30-31-32-34-36-38-40-42-44-46-48-55(58)64-53(52-63-65(59,60)62-50-49-56(3,4)5)51-61-54(57)47-45-43-41-39-37-35-33-23-21-19-17-15-13-11-9-7-2/h18,20,24-25,53H,6-17,19,21-23,26-52H2,1-5H3/b20-18-,25-24-. The number of unbranched alkanes of at least 4 members (excludes halogenated alkanes) is 33. The lowest BCUT2D eigenvalue weighted by molar-refractivity contribution is -0.870. The SMILES string of the molecule is CCCCCCC/C=C\C/C=C\CCCCCCCCCCCCCCCC(=O)OC(COC(=O)CCCCCCCCCCCCCCCCCC)COP(=O)([O-])OCC[N+](C)(C)C.